The number of ether oxygens (including phenoxy) is 1. The van der Waals surface area contributed by atoms with E-state index in [1.54, 1.807) is 77.4 Å². The number of carbonyl (C=O) groups is 5. The van der Waals surface area contributed by atoms with E-state index in [0.717, 1.165) is 126 Å². The van der Waals surface area contributed by atoms with E-state index in [1.165, 1.54) is 31.4 Å². The van der Waals surface area contributed by atoms with E-state index in [-0.39, 0.29) is 80.0 Å². The van der Waals surface area contributed by atoms with E-state index in [1.807, 2.05) is 61.5 Å². The minimum atomic E-state index is -1.10. The largest absolute Gasteiger partial charge is 0.508 e. The number of pyridine rings is 5. The number of methoxy groups -OCH3 is 1. The zero-order valence-electron chi connectivity index (χ0n) is 73.0. The third kappa shape index (κ3) is 19.1. The molecule has 36 nitrogen and oxygen atoms in total. The monoisotopic (exact) mass is 1820 g/mol. The molecule has 5 aromatic carbocycles. The second-order valence-electron chi connectivity index (χ2n) is 32.2. The van der Waals surface area contributed by atoms with Crippen molar-refractivity contribution in [2.24, 2.45) is 0 Å². The number of nitrogens with zero attached hydrogens (tertiary/aromatic N) is 15. The van der Waals surface area contributed by atoms with Crippen LogP contribution in [0, 0.1) is 59.0 Å². The van der Waals surface area contributed by atoms with Crippen molar-refractivity contribution in [3.63, 3.8) is 0 Å². The number of aromatic hydroxyl groups is 5. The van der Waals surface area contributed by atoms with Gasteiger partial charge in [-0.25, -0.2) is 38.1 Å². The van der Waals surface area contributed by atoms with Crippen molar-refractivity contribution in [1.29, 1.82) is 0 Å². The van der Waals surface area contributed by atoms with Gasteiger partial charge in [0.15, 0.2) is 57.1 Å². The van der Waals surface area contributed by atoms with Gasteiger partial charge < -0.3 is 81.4 Å². The van der Waals surface area contributed by atoms with Crippen LogP contribution in [-0.4, -0.2) is 293 Å². The maximum absolute atomic E-state index is 14.3. The van der Waals surface area contributed by atoms with Crippen molar-refractivity contribution in [2.45, 2.75) is 41.5 Å². The van der Waals surface area contributed by atoms with Gasteiger partial charge in [-0.15, -0.1) is 0 Å². The van der Waals surface area contributed by atoms with Crippen molar-refractivity contribution >= 4 is 96.3 Å². The topological polar surface area (TPSA) is 480 Å². The zero-order chi connectivity index (χ0) is 92.9. The molecule has 682 valence electrons. The molecule has 40 heteroatoms. The van der Waals surface area contributed by atoms with Crippen molar-refractivity contribution in [1.82, 2.24) is 127 Å². The van der Waals surface area contributed by atoms with E-state index in [9.17, 15) is 62.7 Å². The molecule has 0 radical (unpaired) electrons. The number of aromatic amines is 5. The Morgan fingerprint density at radius 3 is 0.939 bits per heavy atom. The van der Waals surface area contributed by atoms with Crippen LogP contribution in [0.2, 0.25) is 5.02 Å². The smallest absolute Gasteiger partial charge is 0.254 e. The van der Waals surface area contributed by atoms with Crippen molar-refractivity contribution < 1.29 is 67.4 Å². The molecule has 15 aromatic rings. The van der Waals surface area contributed by atoms with Gasteiger partial charge in [0.05, 0.1) is 95.4 Å². The van der Waals surface area contributed by atoms with Gasteiger partial charge in [-0.05, 0) is 156 Å². The van der Waals surface area contributed by atoms with Crippen molar-refractivity contribution in [3.05, 3.63) is 200 Å². The number of piperazine rings is 5. The van der Waals surface area contributed by atoms with Crippen LogP contribution in [0.25, 0.3) is 111 Å². The molecule has 0 spiro atoms. The summed E-state index contributed by atoms with van der Waals surface area (Å²) in [4.78, 5) is 97.2. The number of hydrogen-bond acceptors (Lipinski definition) is 26. The molecule has 10 aromatic heterocycles. The third-order valence-corrected chi connectivity index (χ3v) is 23.7. The standard InChI is InChI=1S/C19H21N5O3.C19H21N5O2.C18H18ClN5O2.C18H17F2N5O2.C18H18FN5O2/c1-11-17-13(19(26)24-7-5-20-6-8-24)10-14(21-18(17)23-22-11)12-3-4-15(25)16(9-12)27-2;1-11-9-13(25)3-4-14(11)16-10-15(17-12(2)22-23-18(17)21-16)19(26)24-7-5-20-6-8-24;1-10-16-12(18(26)24-6-4-20-5-7-24)9-14(21-17(16)23-22-10)11-2-3-15(25)13(19)8-11;1-9-15-11(18(27)25-4-2-21-3-5-25)8-14(22-17(15)24-23-9)10-6-12(19)16(26)13(20)7-10;1-10-16-13(18(26)24-6-4-20-5-7-24)9-15(21-17(16)23-22-10)12-3-2-11(25)8-14(12)19/h3-4,9-10,20,25H,5-8H2,1-2H3,(H,21,22,23);3-4,9-10,20,25H,5-8H2,1-2H3,(H,21,22,23);2-3,8-9,20,25H,4-7H2,1H3,(H,21,22,23);6-8,21,26H,2-5H2,1H3,(H,22,23,24);2-3,8-9,20,25H,4-7H2,1H3,(H,21,22,23). The van der Waals surface area contributed by atoms with Crippen LogP contribution >= 0.6 is 11.6 Å². The maximum Gasteiger partial charge on any atom is 0.254 e. The average Bonchev–Trinajstić information content (AvgIpc) is 1.60. The minimum absolute atomic E-state index is 0.00100. The highest BCUT2D eigenvalue weighted by Gasteiger charge is 2.32. The highest BCUT2D eigenvalue weighted by atomic mass is 35.5. The van der Waals surface area contributed by atoms with Gasteiger partial charge in [0.2, 0.25) is 0 Å². The number of aromatic nitrogens is 15. The molecule has 0 unspecified atom stereocenters. The fourth-order valence-corrected chi connectivity index (χ4v) is 16.7. The Morgan fingerprint density at radius 2 is 0.621 bits per heavy atom. The van der Waals surface area contributed by atoms with E-state index in [2.05, 4.69) is 102 Å². The summed E-state index contributed by atoms with van der Waals surface area (Å²) in [6.45, 7) is 25.2. The number of fused-ring (bicyclic) bond motifs is 5. The van der Waals surface area contributed by atoms with Gasteiger partial charge in [0.25, 0.3) is 29.5 Å². The number of hydrogen-bond donors (Lipinski definition) is 15. The quantitative estimate of drug-likeness (QED) is 0.0572. The average molecular weight is 1820 g/mol. The fourth-order valence-electron chi connectivity index (χ4n) is 16.5. The molecule has 20 rings (SSSR count). The molecule has 0 bridgehead atoms. The molecule has 15 N–H and O–H groups in total. The van der Waals surface area contributed by atoms with Gasteiger partial charge in [-0.3, -0.25) is 49.5 Å². The van der Waals surface area contributed by atoms with Crippen LogP contribution in [0.3, 0.4) is 0 Å². The second kappa shape index (κ2) is 39.3. The molecular weight excluding hydrogens is 1720 g/mol. The number of benzene rings is 5. The second-order valence-corrected chi connectivity index (χ2v) is 32.6. The number of halogens is 4. The van der Waals surface area contributed by atoms with Gasteiger partial charge in [0, 0.05) is 193 Å². The number of carbonyl (C=O) groups excluding carboxylic acids is 5. The summed E-state index contributed by atoms with van der Waals surface area (Å²) in [5.74, 6) is -3.77. The summed E-state index contributed by atoms with van der Waals surface area (Å²) < 4.78 is 47.0. The molecule has 5 fully saturated rings. The van der Waals surface area contributed by atoms with Gasteiger partial charge in [-0.2, -0.15) is 25.5 Å². The number of amides is 5. The van der Waals surface area contributed by atoms with E-state index >= 15 is 0 Å². The normalized spacial score (nSPS) is 14.7. The zero-order valence-corrected chi connectivity index (χ0v) is 73.8. The van der Waals surface area contributed by atoms with E-state index in [0.29, 0.717) is 179 Å². The van der Waals surface area contributed by atoms with Gasteiger partial charge >= 0.3 is 0 Å². The van der Waals surface area contributed by atoms with Crippen LogP contribution in [0.5, 0.6) is 34.5 Å². The van der Waals surface area contributed by atoms with Gasteiger partial charge in [0.1, 0.15) is 23.1 Å². The highest BCUT2D eigenvalue weighted by molar-refractivity contribution is 6.32. The lowest BCUT2D eigenvalue weighted by Crippen LogP contribution is -2.46. The van der Waals surface area contributed by atoms with Gasteiger partial charge in [-0.1, -0.05) is 11.6 Å². The Kier molecular flexibility index (Phi) is 26.9. The molecule has 132 heavy (non-hydrogen) atoms. The highest BCUT2D eigenvalue weighted by Crippen LogP contribution is 2.39. The van der Waals surface area contributed by atoms with Crippen LogP contribution < -0.4 is 31.3 Å². The first kappa shape index (κ1) is 90.6. The van der Waals surface area contributed by atoms with Crippen LogP contribution in [0.15, 0.2) is 115 Å². The first-order valence-electron chi connectivity index (χ1n) is 42.8. The maximum atomic E-state index is 14.3. The fraction of sp³-hybridized carbons (Fsp3) is 0.293. The number of aryl methyl sites for hydroxylation is 6. The molecule has 0 aliphatic carbocycles. The van der Waals surface area contributed by atoms with E-state index < -0.39 is 23.2 Å². The number of rotatable bonds is 11. The predicted octanol–water partition coefficient (Wildman–Crippen LogP) is 9.81. The van der Waals surface area contributed by atoms with Crippen LogP contribution in [0.4, 0.5) is 13.2 Å². The molecular formula is C92H95ClF3N25O11. The molecule has 5 amide bonds. The Bertz CT molecular complexity index is 6750. The predicted molar refractivity (Wildman–Crippen MR) is 489 cm³/mol. The Hall–Kier alpha value is -14.8. The number of H-pyrrole nitrogens is 5. The van der Waals surface area contributed by atoms with E-state index in [4.69, 9.17) is 16.3 Å². The summed E-state index contributed by atoms with van der Waals surface area (Å²) in [6.07, 6.45) is 0. The molecule has 5 aliphatic heterocycles. The summed E-state index contributed by atoms with van der Waals surface area (Å²) in [7, 11) is 1.49. The lowest BCUT2D eigenvalue weighted by atomic mass is 10.0. The third-order valence-electron chi connectivity index (χ3n) is 23.4. The Labute approximate surface area is 756 Å². The van der Waals surface area contributed by atoms with Crippen LogP contribution in [0.1, 0.15) is 85.8 Å². The Morgan fingerprint density at radius 1 is 0.333 bits per heavy atom. The first-order chi connectivity index (χ1) is 63.7. The number of nitrogens with one attached hydrogen (secondary N) is 10. The summed E-state index contributed by atoms with van der Waals surface area (Å²) in [5.41, 5.74) is 14.6. The molecule has 0 saturated carbocycles. The molecule has 5 aliphatic rings. The summed E-state index contributed by atoms with van der Waals surface area (Å²) >= 11 is 6.03. The first-order valence-corrected chi connectivity index (χ1v) is 43.2. The lowest BCUT2D eigenvalue weighted by molar-refractivity contribution is 0.0730. The number of phenolic OH excluding ortho intramolecular Hbond substituents is 5. The van der Waals surface area contributed by atoms with Crippen LogP contribution in [-0.2, 0) is 0 Å². The summed E-state index contributed by atoms with van der Waals surface area (Å²) in [5, 5.41) is 103. The SMILES string of the molecule is COc1cc(-c2cc(C(=O)N3CCNCC3)c3c(C)[nH]nc3n2)ccc1O.Cc1[nH]nc2nc(-c3cc(F)c(O)c(F)c3)cc(C(=O)N3CCNCC3)c12.Cc1[nH]nc2nc(-c3ccc(O)c(Cl)c3)cc(C(=O)N3CCNCC3)c12.Cc1[nH]nc2nc(-c3ccc(O)cc3F)cc(C(=O)N3CCNCC3)c12.Cc1cc(O)ccc1-c1cc(C(=O)N2CCNCC2)c2c(C)[nH]nc2n1. The van der Waals surface area contributed by atoms with Crippen molar-refractivity contribution in [2.75, 3.05) is 138 Å². The number of phenols is 5. The Balaban J connectivity index is 0.000000120. The van der Waals surface area contributed by atoms with Crippen molar-refractivity contribution in [3.8, 4) is 90.8 Å². The molecule has 5 saturated heterocycles. The molecule has 0 atom stereocenters. The lowest BCUT2D eigenvalue weighted by Gasteiger charge is -2.27. The summed E-state index contributed by atoms with van der Waals surface area (Å²) in [6, 6.07) is 29.3. The minimum Gasteiger partial charge on any atom is -0.508 e. The molecule has 15 heterocycles.